The van der Waals surface area contributed by atoms with Crippen LogP contribution in [-0.4, -0.2) is 15.0 Å². The van der Waals surface area contributed by atoms with Gasteiger partial charge in [-0.1, -0.05) is 182 Å². The molecular weight excluding hydrogens is 711 g/mol. The zero-order valence-electron chi connectivity index (χ0n) is 30.8. The summed E-state index contributed by atoms with van der Waals surface area (Å²) in [6, 6.07) is 70.8. The molecule has 4 heteroatoms. The molecule has 0 atom stereocenters. The third-order valence-electron chi connectivity index (χ3n) is 10.9. The van der Waals surface area contributed by atoms with E-state index in [9.17, 15) is 0 Å². The van der Waals surface area contributed by atoms with Crippen molar-refractivity contribution in [1.82, 2.24) is 15.0 Å². The van der Waals surface area contributed by atoms with Gasteiger partial charge in [0.2, 0.25) is 0 Å². The van der Waals surface area contributed by atoms with Crippen LogP contribution in [0, 0.1) is 0 Å². The van der Waals surface area contributed by atoms with Crippen molar-refractivity contribution >= 4 is 53.2 Å². The zero-order valence-corrected chi connectivity index (χ0v) is 31.6. The molecule has 3 heterocycles. The van der Waals surface area contributed by atoms with E-state index in [1.807, 2.05) is 47.7 Å². The average molecular weight is 744 g/mol. The normalized spacial score (nSPS) is 11.5. The van der Waals surface area contributed by atoms with E-state index in [1.54, 1.807) is 0 Å². The third-order valence-corrected chi connectivity index (χ3v) is 12.1. The van der Waals surface area contributed by atoms with E-state index >= 15 is 0 Å². The molecule has 0 aliphatic carbocycles. The van der Waals surface area contributed by atoms with E-state index in [4.69, 9.17) is 15.0 Å². The first-order valence-corrected chi connectivity index (χ1v) is 20.0. The molecule has 11 rings (SSSR count). The van der Waals surface area contributed by atoms with Crippen molar-refractivity contribution in [2.45, 2.75) is 0 Å². The lowest BCUT2D eigenvalue weighted by Crippen LogP contribution is -1.96. The molecule has 0 fully saturated rings. The SMILES string of the molecule is c1ccc(-c2cc(-c3ccccc3)nc(-c3ccc(-c4ccc5c(c4)nc(-c4ccc(-c6cccc7ccccc67)cc4)c4c6ccccc6sc54)cc3)n2)cc1. The minimum absolute atomic E-state index is 0.699. The van der Waals surface area contributed by atoms with E-state index in [-0.39, 0.29) is 0 Å². The lowest BCUT2D eigenvalue weighted by Gasteiger charge is -2.12. The molecule has 3 aromatic heterocycles. The van der Waals surface area contributed by atoms with Gasteiger partial charge in [0.15, 0.2) is 5.82 Å². The Balaban J connectivity index is 0.999. The van der Waals surface area contributed by atoms with Crippen molar-refractivity contribution in [3.63, 3.8) is 0 Å². The van der Waals surface area contributed by atoms with Gasteiger partial charge in [-0.2, -0.15) is 0 Å². The predicted molar refractivity (Wildman–Crippen MR) is 240 cm³/mol. The highest BCUT2D eigenvalue weighted by atomic mass is 32.1. The Morgan fingerprint density at radius 1 is 0.351 bits per heavy atom. The number of thiophene rings is 1. The molecular formula is C53H33N3S. The first-order valence-electron chi connectivity index (χ1n) is 19.2. The number of rotatable bonds is 6. The average Bonchev–Trinajstić information content (AvgIpc) is 3.69. The van der Waals surface area contributed by atoms with E-state index in [1.165, 1.54) is 47.5 Å². The Bertz CT molecular complexity index is 3200. The number of hydrogen-bond donors (Lipinski definition) is 0. The first kappa shape index (κ1) is 33.1. The molecule has 11 aromatic rings. The fraction of sp³-hybridized carbons (Fsp3) is 0. The van der Waals surface area contributed by atoms with Crippen molar-refractivity contribution in [2.24, 2.45) is 0 Å². The smallest absolute Gasteiger partial charge is 0.160 e. The molecule has 57 heavy (non-hydrogen) atoms. The molecule has 3 nitrogen and oxygen atoms in total. The van der Waals surface area contributed by atoms with Gasteiger partial charge in [-0.3, -0.25) is 0 Å². The second-order valence-electron chi connectivity index (χ2n) is 14.4. The van der Waals surface area contributed by atoms with Crippen molar-refractivity contribution in [1.29, 1.82) is 0 Å². The summed E-state index contributed by atoms with van der Waals surface area (Å²) in [5.41, 5.74) is 12.6. The number of nitrogens with zero attached hydrogens (tertiary/aromatic N) is 3. The van der Waals surface area contributed by atoms with E-state index in [0.717, 1.165) is 56.0 Å². The van der Waals surface area contributed by atoms with Crippen LogP contribution in [-0.2, 0) is 0 Å². The molecule has 0 spiro atoms. The molecule has 8 aromatic carbocycles. The van der Waals surface area contributed by atoms with Gasteiger partial charge < -0.3 is 0 Å². The highest BCUT2D eigenvalue weighted by Crippen LogP contribution is 2.44. The molecule has 266 valence electrons. The van der Waals surface area contributed by atoms with E-state index < -0.39 is 0 Å². The molecule has 0 aliphatic heterocycles. The summed E-state index contributed by atoms with van der Waals surface area (Å²) < 4.78 is 2.53. The van der Waals surface area contributed by atoms with Crippen LogP contribution in [0.1, 0.15) is 0 Å². The van der Waals surface area contributed by atoms with Crippen LogP contribution in [0.25, 0.3) is 109 Å². The standard InChI is InChI=1S/C53H33N3S/c1-3-13-37(14-4-1)46-33-47(38-15-5-2-6-16-38)56-53(55-46)40-28-22-34(23-29-40)41-30-31-44-48(32-41)54-51(50-45-19-9-10-21-49(45)57-52(44)50)39-26-24-36(25-27-39)43-20-11-17-35-12-7-8-18-42(35)43/h1-33H. The number of aromatic nitrogens is 3. The van der Waals surface area contributed by atoms with Crippen LogP contribution >= 0.6 is 11.3 Å². The van der Waals surface area contributed by atoms with Crippen LogP contribution in [0.2, 0.25) is 0 Å². The van der Waals surface area contributed by atoms with Gasteiger partial charge in [-0.05, 0) is 51.2 Å². The molecule has 0 radical (unpaired) electrons. The topological polar surface area (TPSA) is 38.7 Å². The third kappa shape index (κ3) is 5.95. The number of hydrogen-bond acceptors (Lipinski definition) is 4. The van der Waals surface area contributed by atoms with Crippen molar-refractivity contribution in [3.8, 4) is 67.4 Å². The lowest BCUT2D eigenvalue weighted by molar-refractivity contribution is 1.18. The highest BCUT2D eigenvalue weighted by molar-refractivity contribution is 7.26. The summed E-state index contributed by atoms with van der Waals surface area (Å²) >= 11 is 1.85. The number of benzene rings is 8. The van der Waals surface area contributed by atoms with Crippen LogP contribution in [0.4, 0.5) is 0 Å². The second kappa shape index (κ2) is 13.8. The predicted octanol–water partition coefficient (Wildman–Crippen LogP) is 14.5. The molecule has 0 aliphatic rings. The zero-order chi connectivity index (χ0) is 37.7. The number of fused-ring (bicyclic) bond motifs is 6. The lowest BCUT2D eigenvalue weighted by atomic mass is 9.96. The van der Waals surface area contributed by atoms with Crippen molar-refractivity contribution in [3.05, 3.63) is 200 Å². The minimum atomic E-state index is 0.699. The van der Waals surface area contributed by atoms with Gasteiger partial charge in [-0.15, -0.1) is 11.3 Å². The molecule has 0 saturated carbocycles. The molecule has 0 unspecified atom stereocenters. The monoisotopic (exact) mass is 743 g/mol. The van der Waals surface area contributed by atoms with E-state index in [2.05, 4.69) is 164 Å². The van der Waals surface area contributed by atoms with Crippen LogP contribution in [0.5, 0.6) is 0 Å². The molecule has 0 bridgehead atoms. The van der Waals surface area contributed by atoms with Crippen LogP contribution in [0.15, 0.2) is 200 Å². The van der Waals surface area contributed by atoms with Crippen molar-refractivity contribution in [2.75, 3.05) is 0 Å². The van der Waals surface area contributed by atoms with Crippen molar-refractivity contribution < 1.29 is 0 Å². The van der Waals surface area contributed by atoms with Gasteiger partial charge in [0.1, 0.15) is 0 Å². The fourth-order valence-electron chi connectivity index (χ4n) is 8.04. The summed E-state index contributed by atoms with van der Waals surface area (Å²) in [6.45, 7) is 0. The van der Waals surface area contributed by atoms with E-state index in [0.29, 0.717) is 5.82 Å². The van der Waals surface area contributed by atoms with Gasteiger partial charge in [0.25, 0.3) is 0 Å². The maximum atomic E-state index is 5.46. The van der Waals surface area contributed by atoms with Gasteiger partial charge in [0, 0.05) is 47.8 Å². The number of pyridine rings is 1. The fourth-order valence-corrected chi connectivity index (χ4v) is 9.28. The summed E-state index contributed by atoms with van der Waals surface area (Å²) in [6.07, 6.45) is 0. The molecule has 0 amide bonds. The summed E-state index contributed by atoms with van der Waals surface area (Å²) in [4.78, 5) is 15.6. The van der Waals surface area contributed by atoms with Crippen LogP contribution < -0.4 is 0 Å². The summed E-state index contributed by atoms with van der Waals surface area (Å²) in [5, 5.41) is 6.13. The first-order chi connectivity index (χ1) is 28.2. The maximum Gasteiger partial charge on any atom is 0.160 e. The minimum Gasteiger partial charge on any atom is -0.247 e. The largest absolute Gasteiger partial charge is 0.247 e. The van der Waals surface area contributed by atoms with Gasteiger partial charge in [-0.25, -0.2) is 15.0 Å². The van der Waals surface area contributed by atoms with Gasteiger partial charge >= 0.3 is 0 Å². The quantitative estimate of drug-likeness (QED) is 0.170. The van der Waals surface area contributed by atoms with Crippen LogP contribution in [0.3, 0.4) is 0 Å². The summed E-state index contributed by atoms with van der Waals surface area (Å²) in [7, 11) is 0. The summed E-state index contributed by atoms with van der Waals surface area (Å²) in [5.74, 6) is 0.699. The highest BCUT2D eigenvalue weighted by Gasteiger charge is 2.18. The van der Waals surface area contributed by atoms with Gasteiger partial charge in [0.05, 0.1) is 22.6 Å². The Hall–Kier alpha value is -7.27. The second-order valence-corrected chi connectivity index (χ2v) is 15.4. The molecule has 0 N–H and O–H groups in total. The Kier molecular flexibility index (Phi) is 8.01. The molecule has 0 saturated heterocycles. The maximum absolute atomic E-state index is 5.46. The Morgan fingerprint density at radius 2 is 0.930 bits per heavy atom. The Labute approximate surface area is 334 Å². The Morgan fingerprint density at radius 3 is 1.67 bits per heavy atom.